The quantitative estimate of drug-likeness (QED) is 0.933. The van der Waals surface area contributed by atoms with Crippen LogP contribution in [-0.4, -0.2) is 20.0 Å². The zero-order valence-electron chi connectivity index (χ0n) is 13.5. The molecule has 3 rings (SSSR count). The summed E-state index contributed by atoms with van der Waals surface area (Å²) in [4.78, 5) is 14.6. The second-order valence-electron chi connectivity index (χ2n) is 6.34. The van der Waals surface area contributed by atoms with Crippen LogP contribution in [0, 0.1) is 5.82 Å². The Bertz CT molecular complexity index is 688. The molecule has 0 radical (unpaired) electrons. The molecular weight excluding hydrogens is 291 g/mol. The lowest BCUT2D eigenvalue weighted by molar-refractivity contribution is 0.0823. The molecule has 1 aliphatic carbocycles. The van der Waals surface area contributed by atoms with Gasteiger partial charge in [-0.1, -0.05) is 12.1 Å². The first-order valence-corrected chi connectivity index (χ1v) is 7.86. The normalized spacial score (nSPS) is 15.6. The molecule has 0 atom stereocenters. The van der Waals surface area contributed by atoms with E-state index in [-0.39, 0.29) is 17.3 Å². The fourth-order valence-corrected chi connectivity index (χ4v) is 2.99. The van der Waals surface area contributed by atoms with Crippen molar-refractivity contribution < 1.29 is 9.18 Å². The molecule has 0 heterocycles. The van der Waals surface area contributed by atoms with Crippen LogP contribution in [0.25, 0.3) is 0 Å². The molecule has 0 unspecified atom stereocenters. The summed E-state index contributed by atoms with van der Waals surface area (Å²) >= 11 is 0. The number of benzene rings is 2. The molecule has 2 aromatic rings. The van der Waals surface area contributed by atoms with Crippen LogP contribution in [0.2, 0.25) is 0 Å². The molecule has 0 aromatic heterocycles. The van der Waals surface area contributed by atoms with Gasteiger partial charge < -0.3 is 10.2 Å². The van der Waals surface area contributed by atoms with Crippen LogP contribution in [-0.2, 0) is 5.54 Å². The topological polar surface area (TPSA) is 32.3 Å². The summed E-state index contributed by atoms with van der Waals surface area (Å²) in [6.07, 6.45) is 2.84. The Balaban J connectivity index is 1.78. The largest absolute Gasteiger partial charge is 0.378 e. The van der Waals surface area contributed by atoms with Gasteiger partial charge in [0.1, 0.15) is 5.82 Å². The van der Waals surface area contributed by atoms with Gasteiger partial charge in [0.15, 0.2) is 0 Å². The van der Waals surface area contributed by atoms with Crippen LogP contribution in [0.4, 0.5) is 10.1 Å². The molecule has 2 aromatic carbocycles. The number of amides is 1. The van der Waals surface area contributed by atoms with Crippen molar-refractivity contribution >= 4 is 11.6 Å². The second-order valence-corrected chi connectivity index (χ2v) is 6.34. The summed E-state index contributed by atoms with van der Waals surface area (Å²) in [5.74, 6) is -0.340. The van der Waals surface area contributed by atoms with Gasteiger partial charge in [-0.15, -0.1) is 0 Å². The number of hydrogen-bond donors (Lipinski definition) is 1. The van der Waals surface area contributed by atoms with Crippen LogP contribution in [0.5, 0.6) is 0 Å². The summed E-state index contributed by atoms with van der Waals surface area (Å²) < 4.78 is 13.1. The van der Waals surface area contributed by atoms with Gasteiger partial charge >= 0.3 is 0 Å². The SMILES string of the molecule is CN(C)c1ccc(C(=O)NC2(c3ccc(F)cc3)CCC2)cc1. The number of anilines is 1. The van der Waals surface area contributed by atoms with Gasteiger partial charge in [0.2, 0.25) is 0 Å². The van der Waals surface area contributed by atoms with Crippen LogP contribution in [0.1, 0.15) is 35.2 Å². The minimum absolute atomic E-state index is 0.0840. The minimum Gasteiger partial charge on any atom is -0.378 e. The Morgan fingerprint density at radius 3 is 2.13 bits per heavy atom. The van der Waals surface area contributed by atoms with Gasteiger partial charge in [-0.3, -0.25) is 4.79 Å². The number of nitrogens with one attached hydrogen (secondary N) is 1. The Kier molecular flexibility index (Phi) is 4.07. The smallest absolute Gasteiger partial charge is 0.251 e. The summed E-state index contributed by atoms with van der Waals surface area (Å²) in [5, 5.41) is 3.16. The van der Waals surface area contributed by atoms with E-state index in [1.807, 2.05) is 43.3 Å². The minimum atomic E-state index is -0.356. The third-order valence-electron chi connectivity index (χ3n) is 4.60. The van der Waals surface area contributed by atoms with E-state index in [1.54, 1.807) is 12.1 Å². The van der Waals surface area contributed by atoms with Crippen molar-refractivity contribution in [1.29, 1.82) is 0 Å². The first-order valence-electron chi connectivity index (χ1n) is 7.86. The van der Waals surface area contributed by atoms with E-state index in [4.69, 9.17) is 0 Å². The molecule has 0 saturated heterocycles. The zero-order valence-corrected chi connectivity index (χ0v) is 13.5. The number of carbonyl (C=O) groups excluding carboxylic acids is 1. The maximum Gasteiger partial charge on any atom is 0.251 e. The molecule has 1 saturated carbocycles. The highest BCUT2D eigenvalue weighted by Crippen LogP contribution is 2.41. The number of hydrogen-bond acceptors (Lipinski definition) is 2. The van der Waals surface area contributed by atoms with Crippen molar-refractivity contribution in [3.05, 3.63) is 65.5 Å². The summed E-state index contributed by atoms with van der Waals surface area (Å²) in [6, 6.07) is 14.0. The molecule has 0 aliphatic heterocycles. The number of carbonyl (C=O) groups is 1. The second kappa shape index (κ2) is 6.03. The molecule has 1 amide bonds. The fourth-order valence-electron chi connectivity index (χ4n) is 2.99. The van der Waals surface area contributed by atoms with E-state index in [0.29, 0.717) is 5.56 Å². The van der Waals surface area contributed by atoms with Gasteiger partial charge in [0.05, 0.1) is 5.54 Å². The monoisotopic (exact) mass is 312 g/mol. The van der Waals surface area contributed by atoms with E-state index in [1.165, 1.54) is 12.1 Å². The van der Waals surface area contributed by atoms with Gasteiger partial charge in [0.25, 0.3) is 5.91 Å². The van der Waals surface area contributed by atoms with Crippen molar-refractivity contribution in [2.24, 2.45) is 0 Å². The summed E-state index contributed by atoms with van der Waals surface area (Å²) in [6.45, 7) is 0. The van der Waals surface area contributed by atoms with Gasteiger partial charge in [-0.25, -0.2) is 4.39 Å². The highest BCUT2D eigenvalue weighted by molar-refractivity contribution is 5.95. The Labute approximate surface area is 136 Å². The van der Waals surface area contributed by atoms with Crippen LogP contribution in [0.15, 0.2) is 48.5 Å². The summed E-state index contributed by atoms with van der Waals surface area (Å²) in [7, 11) is 3.93. The lowest BCUT2D eigenvalue weighted by Gasteiger charge is -2.43. The van der Waals surface area contributed by atoms with Crippen LogP contribution >= 0.6 is 0 Å². The number of nitrogens with zero attached hydrogens (tertiary/aromatic N) is 1. The molecule has 0 bridgehead atoms. The lowest BCUT2D eigenvalue weighted by atomic mass is 9.71. The third kappa shape index (κ3) is 3.07. The molecule has 1 fully saturated rings. The zero-order chi connectivity index (χ0) is 16.4. The average Bonchev–Trinajstić information content (AvgIpc) is 2.52. The van der Waals surface area contributed by atoms with E-state index in [9.17, 15) is 9.18 Å². The van der Waals surface area contributed by atoms with Gasteiger partial charge in [-0.05, 0) is 61.2 Å². The first kappa shape index (κ1) is 15.5. The van der Waals surface area contributed by atoms with Crippen molar-refractivity contribution in [2.45, 2.75) is 24.8 Å². The van der Waals surface area contributed by atoms with Crippen LogP contribution < -0.4 is 10.2 Å². The lowest BCUT2D eigenvalue weighted by Crippen LogP contribution is -2.50. The molecule has 1 aliphatic rings. The predicted molar refractivity (Wildman–Crippen MR) is 90.2 cm³/mol. The number of rotatable bonds is 4. The Morgan fingerprint density at radius 2 is 1.65 bits per heavy atom. The highest BCUT2D eigenvalue weighted by atomic mass is 19.1. The maximum absolute atomic E-state index is 13.1. The van der Waals surface area contributed by atoms with E-state index < -0.39 is 0 Å². The van der Waals surface area contributed by atoms with Gasteiger partial charge in [0, 0.05) is 25.3 Å². The first-order chi connectivity index (χ1) is 11.0. The van der Waals surface area contributed by atoms with Gasteiger partial charge in [-0.2, -0.15) is 0 Å². The molecule has 1 N–H and O–H groups in total. The average molecular weight is 312 g/mol. The third-order valence-corrected chi connectivity index (χ3v) is 4.60. The molecule has 23 heavy (non-hydrogen) atoms. The molecule has 4 heteroatoms. The maximum atomic E-state index is 13.1. The van der Waals surface area contributed by atoms with E-state index in [2.05, 4.69) is 5.32 Å². The predicted octanol–water partition coefficient (Wildman–Crippen LogP) is 3.70. The standard InChI is InChI=1S/C19H21FN2O/c1-22(2)17-10-4-14(5-11-17)18(23)21-19(12-3-13-19)15-6-8-16(20)9-7-15/h4-11H,3,12-13H2,1-2H3,(H,21,23). The molecular formula is C19H21FN2O. The summed E-state index contributed by atoms with van der Waals surface area (Å²) in [5.41, 5.74) is 2.32. The Hall–Kier alpha value is -2.36. The highest BCUT2D eigenvalue weighted by Gasteiger charge is 2.40. The molecule has 120 valence electrons. The van der Waals surface area contributed by atoms with E-state index >= 15 is 0 Å². The van der Waals surface area contributed by atoms with Crippen molar-refractivity contribution in [3.8, 4) is 0 Å². The molecule has 3 nitrogen and oxygen atoms in total. The van der Waals surface area contributed by atoms with E-state index in [0.717, 1.165) is 30.5 Å². The number of halogens is 1. The molecule has 0 spiro atoms. The van der Waals surface area contributed by atoms with Crippen molar-refractivity contribution in [3.63, 3.8) is 0 Å². The van der Waals surface area contributed by atoms with Crippen LogP contribution in [0.3, 0.4) is 0 Å². The van der Waals surface area contributed by atoms with Crippen molar-refractivity contribution in [2.75, 3.05) is 19.0 Å². The Morgan fingerprint density at radius 1 is 1.04 bits per heavy atom. The fraction of sp³-hybridized carbons (Fsp3) is 0.316. The van der Waals surface area contributed by atoms with Crippen molar-refractivity contribution in [1.82, 2.24) is 5.32 Å².